The van der Waals surface area contributed by atoms with Crippen molar-refractivity contribution in [3.8, 4) is 0 Å². The normalized spacial score (nSPS) is 11.7. The highest BCUT2D eigenvalue weighted by Gasteiger charge is 2.21. The predicted molar refractivity (Wildman–Crippen MR) is 101 cm³/mol. The standard InChI is InChI=1S/C18H31N5O4/c1-17(2,3)20-14(24)11-23-12(9-13(21-23)15(25)22(7)8)10-19-16(26)27-18(4,5)6/h9H,10-11H2,1-8H3,(H,19,26)(H,20,24). The third-order valence-corrected chi connectivity index (χ3v) is 3.11. The van der Waals surface area contributed by atoms with E-state index in [0.717, 1.165) is 0 Å². The number of hydrogen-bond acceptors (Lipinski definition) is 5. The highest BCUT2D eigenvalue weighted by atomic mass is 16.6. The Morgan fingerprint density at radius 3 is 2.22 bits per heavy atom. The summed E-state index contributed by atoms with van der Waals surface area (Å²) in [4.78, 5) is 37.7. The van der Waals surface area contributed by atoms with Gasteiger partial charge in [-0.3, -0.25) is 14.3 Å². The molecule has 0 spiro atoms. The van der Waals surface area contributed by atoms with Crippen LogP contribution in [0, 0.1) is 0 Å². The van der Waals surface area contributed by atoms with Crippen molar-refractivity contribution in [3.05, 3.63) is 17.5 Å². The quantitative estimate of drug-likeness (QED) is 0.804. The zero-order valence-electron chi connectivity index (χ0n) is 17.5. The largest absolute Gasteiger partial charge is 0.444 e. The Kier molecular flexibility index (Phi) is 6.99. The molecular formula is C18H31N5O4. The van der Waals surface area contributed by atoms with Crippen molar-refractivity contribution in [1.82, 2.24) is 25.3 Å². The maximum absolute atomic E-state index is 12.2. The summed E-state index contributed by atoms with van der Waals surface area (Å²) in [6.07, 6.45) is -0.588. The fourth-order valence-electron chi connectivity index (χ4n) is 2.14. The molecule has 0 aliphatic heterocycles. The van der Waals surface area contributed by atoms with Crippen LogP contribution in [-0.4, -0.2) is 57.8 Å². The summed E-state index contributed by atoms with van der Waals surface area (Å²) < 4.78 is 6.62. The second kappa shape index (κ2) is 8.41. The molecule has 0 fully saturated rings. The van der Waals surface area contributed by atoms with Crippen molar-refractivity contribution >= 4 is 17.9 Å². The Morgan fingerprint density at radius 1 is 1.15 bits per heavy atom. The number of rotatable bonds is 5. The molecule has 3 amide bonds. The molecule has 152 valence electrons. The van der Waals surface area contributed by atoms with Gasteiger partial charge in [-0.05, 0) is 47.6 Å². The summed E-state index contributed by atoms with van der Waals surface area (Å²) in [5.41, 5.74) is -0.288. The van der Waals surface area contributed by atoms with E-state index in [1.807, 2.05) is 20.8 Å². The molecule has 0 aliphatic rings. The first-order valence-electron chi connectivity index (χ1n) is 8.74. The first-order valence-corrected chi connectivity index (χ1v) is 8.74. The molecule has 1 aromatic rings. The van der Waals surface area contributed by atoms with Crippen LogP contribution in [0.3, 0.4) is 0 Å². The minimum Gasteiger partial charge on any atom is -0.444 e. The fourth-order valence-corrected chi connectivity index (χ4v) is 2.14. The van der Waals surface area contributed by atoms with Gasteiger partial charge in [-0.15, -0.1) is 0 Å². The van der Waals surface area contributed by atoms with Gasteiger partial charge >= 0.3 is 6.09 Å². The van der Waals surface area contributed by atoms with Crippen molar-refractivity contribution < 1.29 is 19.1 Å². The average Bonchev–Trinajstić information content (AvgIpc) is 2.83. The predicted octanol–water partition coefficient (Wildman–Crippen LogP) is 1.52. The van der Waals surface area contributed by atoms with Gasteiger partial charge in [0, 0.05) is 19.6 Å². The van der Waals surface area contributed by atoms with Crippen molar-refractivity contribution in [2.75, 3.05) is 14.1 Å². The zero-order chi connectivity index (χ0) is 21.0. The van der Waals surface area contributed by atoms with Gasteiger partial charge in [0.2, 0.25) is 5.91 Å². The van der Waals surface area contributed by atoms with E-state index in [4.69, 9.17) is 4.74 Å². The van der Waals surface area contributed by atoms with Crippen LogP contribution >= 0.6 is 0 Å². The molecular weight excluding hydrogens is 350 g/mol. The van der Waals surface area contributed by atoms with Crippen LogP contribution in [0.2, 0.25) is 0 Å². The highest BCUT2D eigenvalue weighted by Crippen LogP contribution is 2.10. The van der Waals surface area contributed by atoms with E-state index in [1.54, 1.807) is 40.9 Å². The molecule has 0 radical (unpaired) electrons. The molecule has 9 heteroatoms. The molecule has 0 aromatic carbocycles. The highest BCUT2D eigenvalue weighted by molar-refractivity contribution is 5.92. The number of carbonyl (C=O) groups excluding carboxylic acids is 3. The Labute approximate surface area is 160 Å². The number of amides is 3. The van der Waals surface area contributed by atoms with E-state index in [-0.39, 0.29) is 36.1 Å². The second-order valence-electron chi connectivity index (χ2n) is 8.53. The Morgan fingerprint density at radius 2 is 1.74 bits per heavy atom. The smallest absolute Gasteiger partial charge is 0.407 e. The topological polar surface area (TPSA) is 106 Å². The molecule has 0 atom stereocenters. The van der Waals surface area contributed by atoms with Gasteiger partial charge in [0.15, 0.2) is 5.69 Å². The summed E-state index contributed by atoms with van der Waals surface area (Å²) in [5, 5.41) is 9.69. The van der Waals surface area contributed by atoms with E-state index in [0.29, 0.717) is 5.69 Å². The summed E-state index contributed by atoms with van der Waals surface area (Å²) >= 11 is 0. The van der Waals surface area contributed by atoms with Gasteiger partial charge < -0.3 is 20.3 Å². The molecule has 0 unspecified atom stereocenters. The molecule has 9 nitrogen and oxygen atoms in total. The van der Waals surface area contributed by atoms with Crippen molar-refractivity contribution in [2.45, 2.75) is 65.8 Å². The van der Waals surface area contributed by atoms with E-state index < -0.39 is 11.7 Å². The van der Waals surface area contributed by atoms with Crippen LogP contribution in [0.1, 0.15) is 57.7 Å². The van der Waals surface area contributed by atoms with Gasteiger partial charge in [0.05, 0.1) is 12.2 Å². The van der Waals surface area contributed by atoms with Crippen molar-refractivity contribution in [1.29, 1.82) is 0 Å². The van der Waals surface area contributed by atoms with Gasteiger partial charge in [0.25, 0.3) is 5.91 Å². The Balaban J connectivity index is 2.97. The third kappa shape index (κ3) is 8.10. The lowest BCUT2D eigenvalue weighted by atomic mass is 10.1. The molecule has 2 N–H and O–H groups in total. The third-order valence-electron chi connectivity index (χ3n) is 3.11. The summed E-state index contributed by atoms with van der Waals surface area (Å²) in [6.45, 7) is 10.9. The van der Waals surface area contributed by atoms with E-state index in [2.05, 4.69) is 15.7 Å². The molecule has 27 heavy (non-hydrogen) atoms. The lowest BCUT2D eigenvalue weighted by molar-refractivity contribution is -0.123. The van der Waals surface area contributed by atoms with E-state index >= 15 is 0 Å². The van der Waals surface area contributed by atoms with Gasteiger partial charge in [-0.2, -0.15) is 5.10 Å². The number of nitrogens with one attached hydrogen (secondary N) is 2. The summed E-state index contributed by atoms with van der Waals surface area (Å²) in [5.74, 6) is -0.531. The average molecular weight is 381 g/mol. The zero-order valence-corrected chi connectivity index (χ0v) is 17.5. The molecule has 1 heterocycles. The molecule has 0 saturated heterocycles. The number of alkyl carbamates (subject to hydrolysis) is 1. The number of nitrogens with zero attached hydrogens (tertiary/aromatic N) is 3. The van der Waals surface area contributed by atoms with Crippen LogP contribution in [-0.2, 0) is 22.6 Å². The molecule has 0 saturated carbocycles. The first kappa shape index (κ1) is 22.5. The minimum atomic E-state index is -0.622. The van der Waals surface area contributed by atoms with Gasteiger partial charge in [0.1, 0.15) is 12.1 Å². The van der Waals surface area contributed by atoms with Crippen molar-refractivity contribution in [3.63, 3.8) is 0 Å². The lowest BCUT2D eigenvalue weighted by Gasteiger charge is -2.21. The molecule has 1 rings (SSSR count). The monoisotopic (exact) mass is 381 g/mol. The Bertz CT molecular complexity index is 696. The maximum Gasteiger partial charge on any atom is 0.407 e. The molecule has 0 bridgehead atoms. The lowest BCUT2D eigenvalue weighted by Crippen LogP contribution is -2.42. The summed E-state index contributed by atoms with van der Waals surface area (Å²) in [7, 11) is 3.23. The molecule has 1 aromatic heterocycles. The van der Waals surface area contributed by atoms with Crippen LogP contribution in [0.15, 0.2) is 6.07 Å². The number of aromatic nitrogens is 2. The maximum atomic E-state index is 12.2. The van der Waals surface area contributed by atoms with E-state index in [1.165, 1.54) is 9.58 Å². The van der Waals surface area contributed by atoms with Gasteiger partial charge in [-0.1, -0.05) is 0 Å². The van der Waals surface area contributed by atoms with Crippen LogP contribution in [0.4, 0.5) is 4.79 Å². The SMILES string of the molecule is CN(C)C(=O)c1cc(CNC(=O)OC(C)(C)C)n(CC(=O)NC(C)(C)C)n1. The second-order valence-corrected chi connectivity index (χ2v) is 8.53. The number of carbonyl (C=O) groups is 3. The minimum absolute atomic E-state index is 0.0662. The fraction of sp³-hybridized carbons (Fsp3) is 0.667. The van der Waals surface area contributed by atoms with E-state index in [9.17, 15) is 14.4 Å². The van der Waals surface area contributed by atoms with Crippen LogP contribution in [0.25, 0.3) is 0 Å². The number of ether oxygens (including phenoxy) is 1. The Hall–Kier alpha value is -2.58. The number of hydrogen-bond donors (Lipinski definition) is 2. The molecule has 0 aliphatic carbocycles. The van der Waals surface area contributed by atoms with Gasteiger partial charge in [-0.25, -0.2) is 4.79 Å². The first-order chi connectivity index (χ1) is 12.2. The van der Waals surface area contributed by atoms with Crippen molar-refractivity contribution in [2.24, 2.45) is 0 Å². The summed E-state index contributed by atoms with van der Waals surface area (Å²) in [6, 6.07) is 1.56. The van der Waals surface area contributed by atoms with Crippen LogP contribution in [0.5, 0.6) is 0 Å². The van der Waals surface area contributed by atoms with Crippen LogP contribution < -0.4 is 10.6 Å².